The molecule has 126 valence electrons. The number of rotatable bonds is 5. The molecule has 2 aromatic rings. The lowest BCUT2D eigenvalue weighted by atomic mass is 10.0. The molecule has 0 radical (unpaired) electrons. The Bertz CT molecular complexity index is 640. The molecular formula is C18H22N4O2. The Labute approximate surface area is 141 Å². The first-order chi connectivity index (χ1) is 11.9. The Morgan fingerprint density at radius 2 is 1.96 bits per heavy atom. The summed E-state index contributed by atoms with van der Waals surface area (Å²) in [4.78, 5) is 14.9. The molecule has 2 fully saturated rings. The van der Waals surface area contributed by atoms with Gasteiger partial charge in [0.1, 0.15) is 0 Å². The zero-order chi connectivity index (χ0) is 16.2. The van der Waals surface area contributed by atoms with Crippen LogP contribution in [0.5, 0.6) is 6.01 Å². The predicted octanol–water partition coefficient (Wildman–Crippen LogP) is 1.93. The van der Waals surface area contributed by atoms with Gasteiger partial charge in [-0.15, -0.1) is 0 Å². The first kappa shape index (κ1) is 15.5. The maximum Gasteiger partial charge on any atom is 0.316 e. The largest absolute Gasteiger partial charge is 0.463 e. The van der Waals surface area contributed by atoms with Crippen molar-refractivity contribution in [1.29, 1.82) is 0 Å². The van der Waals surface area contributed by atoms with Crippen LogP contribution in [0, 0.1) is 5.92 Å². The second-order valence-electron chi connectivity index (χ2n) is 6.41. The van der Waals surface area contributed by atoms with Crippen LogP contribution in [0.25, 0.3) is 0 Å². The Hall–Kier alpha value is -2.05. The molecule has 0 aromatic carbocycles. The lowest BCUT2D eigenvalue weighted by Crippen LogP contribution is -2.50. The molecule has 2 aliphatic rings. The average Bonchev–Trinajstić information content (AvgIpc) is 3.06. The van der Waals surface area contributed by atoms with Gasteiger partial charge in [0.15, 0.2) is 0 Å². The van der Waals surface area contributed by atoms with Crippen molar-refractivity contribution in [3.05, 3.63) is 48.5 Å². The topological polar surface area (TPSA) is 60.4 Å². The van der Waals surface area contributed by atoms with Gasteiger partial charge in [-0.05, 0) is 36.6 Å². The van der Waals surface area contributed by atoms with Crippen molar-refractivity contribution >= 4 is 0 Å². The minimum Gasteiger partial charge on any atom is -0.463 e. The van der Waals surface area contributed by atoms with Gasteiger partial charge in [0, 0.05) is 49.8 Å². The van der Waals surface area contributed by atoms with Gasteiger partial charge in [-0.2, -0.15) is 0 Å². The molecule has 3 heterocycles. The number of aromatic nitrogens is 3. The van der Waals surface area contributed by atoms with E-state index in [1.54, 1.807) is 18.5 Å². The standard InChI is InChI=1S/C18H22N4O2/c1-6-20-18(21-7-1)24-13-15-2-3-16-17(15)23-11-10-22(16)12-14-4-8-19-9-5-14/h1,4-9,15-17H,2-3,10-13H2/t15-,16+,17+/m0/s1. The maximum atomic E-state index is 6.10. The molecular weight excluding hydrogens is 304 g/mol. The summed E-state index contributed by atoms with van der Waals surface area (Å²) >= 11 is 0. The van der Waals surface area contributed by atoms with Crippen molar-refractivity contribution in [2.45, 2.75) is 31.5 Å². The van der Waals surface area contributed by atoms with Crippen molar-refractivity contribution in [2.24, 2.45) is 5.92 Å². The van der Waals surface area contributed by atoms with Crippen molar-refractivity contribution in [3.63, 3.8) is 0 Å². The summed E-state index contributed by atoms with van der Waals surface area (Å²) in [5.74, 6) is 0.402. The van der Waals surface area contributed by atoms with E-state index in [0.717, 1.165) is 32.5 Å². The molecule has 0 N–H and O–H groups in total. The van der Waals surface area contributed by atoms with E-state index in [4.69, 9.17) is 9.47 Å². The molecule has 6 nitrogen and oxygen atoms in total. The number of hydrogen-bond acceptors (Lipinski definition) is 6. The molecule has 1 saturated carbocycles. The molecule has 4 rings (SSSR count). The predicted molar refractivity (Wildman–Crippen MR) is 88.4 cm³/mol. The molecule has 0 unspecified atom stereocenters. The van der Waals surface area contributed by atoms with Gasteiger partial charge < -0.3 is 9.47 Å². The van der Waals surface area contributed by atoms with Crippen LogP contribution < -0.4 is 4.74 Å². The summed E-state index contributed by atoms with van der Waals surface area (Å²) in [6, 6.07) is 6.89. The van der Waals surface area contributed by atoms with E-state index in [9.17, 15) is 0 Å². The van der Waals surface area contributed by atoms with Crippen molar-refractivity contribution in [1.82, 2.24) is 19.9 Å². The highest BCUT2D eigenvalue weighted by Gasteiger charge is 2.42. The molecule has 1 aliphatic carbocycles. The van der Waals surface area contributed by atoms with E-state index in [-0.39, 0.29) is 6.10 Å². The molecule has 3 atom stereocenters. The van der Waals surface area contributed by atoms with E-state index in [2.05, 4.69) is 32.0 Å². The van der Waals surface area contributed by atoms with Gasteiger partial charge in [0.2, 0.25) is 0 Å². The minimum atomic E-state index is 0.240. The normalized spacial score (nSPS) is 26.9. The molecule has 0 bridgehead atoms. The number of fused-ring (bicyclic) bond motifs is 1. The van der Waals surface area contributed by atoms with Gasteiger partial charge in [0.25, 0.3) is 0 Å². The van der Waals surface area contributed by atoms with Crippen LogP contribution in [0.4, 0.5) is 0 Å². The number of ether oxygens (including phenoxy) is 2. The van der Waals surface area contributed by atoms with Gasteiger partial charge in [0.05, 0.1) is 19.3 Å². The van der Waals surface area contributed by atoms with Crippen LogP contribution in [-0.4, -0.2) is 51.8 Å². The van der Waals surface area contributed by atoms with Gasteiger partial charge in [-0.25, -0.2) is 9.97 Å². The molecule has 2 aromatic heterocycles. The summed E-state index contributed by atoms with van der Waals surface area (Å²) in [6.45, 7) is 3.35. The average molecular weight is 326 g/mol. The van der Waals surface area contributed by atoms with Crippen molar-refractivity contribution in [2.75, 3.05) is 19.8 Å². The van der Waals surface area contributed by atoms with E-state index in [0.29, 0.717) is 24.6 Å². The lowest BCUT2D eigenvalue weighted by molar-refractivity contribution is -0.0819. The number of morpholine rings is 1. The smallest absolute Gasteiger partial charge is 0.316 e. The van der Waals surface area contributed by atoms with Crippen molar-refractivity contribution in [3.8, 4) is 6.01 Å². The third-order valence-electron chi connectivity index (χ3n) is 4.94. The summed E-state index contributed by atoms with van der Waals surface area (Å²) in [5.41, 5.74) is 1.31. The van der Waals surface area contributed by atoms with Crippen LogP contribution in [0.15, 0.2) is 43.0 Å². The molecule has 0 spiro atoms. The van der Waals surface area contributed by atoms with E-state index < -0.39 is 0 Å². The second-order valence-corrected chi connectivity index (χ2v) is 6.41. The van der Waals surface area contributed by atoms with Gasteiger partial charge >= 0.3 is 6.01 Å². The Balaban J connectivity index is 1.37. The quantitative estimate of drug-likeness (QED) is 0.837. The fourth-order valence-corrected chi connectivity index (χ4v) is 3.78. The van der Waals surface area contributed by atoms with Crippen LogP contribution >= 0.6 is 0 Å². The van der Waals surface area contributed by atoms with Crippen LogP contribution in [0.2, 0.25) is 0 Å². The molecule has 6 heteroatoms. The highest BCUT2D eigenvalue weighted by Crippen LogP contribution is 2.35. The first-order valence-corrected chi connectivity index (χ1v) is 8.54. The molecule has 1 aliphatic heterocycles. The SMILES string of the molecule is c1cnc(OC[C@@H]2CC[C@@H]3[C@@H]2OCCN3Cc2ccncc2)nc1. The van der Waals surface area contributed by atoms with Gasteiger partial charge in [-0.3, -0.25) is 9.88 Å². The zero-order valence-corrected chi connectivity index (χ0v) is 13.6. The fourth-order valence-electron chi connectivity index (χ4n) is 3.78. The highest BCUT2D eigenvalue weighted by molar-refractivity contribution is 5.10. The maximum absolute atomic E-state index is 6.10. The third kappa shape index (κ3) is 3.39. The Kier molecular flexibility index (Phi) is 4.66. The highest BCUT2D eigenvalue weighted by atomic mass is 16.5. The first-order valence-electron chi connectivity index (χ1n) is 8.54. The zero-order valence-electron chi connectivity index (χ0n) is 13.6. The summed E-state index contributed by atoms with van der Waals surface area (Å²) in [6.07, 6.45) is 9.63. The monoisotopic (exact) mass is 326 g/mol. The number of pyridine rings is 1. The fraction of sp³-hybridized carbons (Fsp3) is 0.500. The lowest BCUT2D eigenvalue weighted by Gasteiger charge is -2.39. The van der Waals surface area contributed by atoms with E-state index in [1.165, 1.54) is 5.56 Å². The summed E-state index contributed by atoms with van der Waals surface area (Å²) in [5, 5.41) is 0. The molecule has 24 heavy (non-hydrogen) atoms. The summed E-state index contributed by atoms with van der Waals surface area (Å²) < 4.78 is 11.9. The van der Waals surface area contributed by atoms with E-state index >= 15 is 0 Å². The minimum absolute atomic E-state index is 0.240. The number of hydrogen-bond donors (Lipinski definition) is 0. The molecule has 0 amide bonds. The van der Waals surface area contributed by atoms with Crippen LogP contribution in [0.1, 0.15) is 18.4 Å². The Morgan fingerprint density at radius 1 is 1.12 bits per heavy atom. The van der Waals surface area contributed by atoms with Crippen LogP contribution in [-0.2, 0) is 11.3 Å². The van der Waals surface area contributed by atoms with Crippen LogP contribution in [0.3, 0.4) is 0 Å². The second kappa shape index (κ2) is 7.23. The summed E-state index contributed by atoms with van der Waals surface area (Å²) in [7, 11) is 0. The number of nitrogens with zero attached hydrogens (tertiary/aromatic N) is 4. The third-order valence-corrected chi connectivity index (χ3v) is 4.94. The Morgan fingerprint density at radius 3 is 2.79 bits per heavy atom. The van der Waals surface area contributed by atoms with Crippen molar-refractivity contribution < 1.29 is 9.47 Å². The van der Waals surface area contributed by atoms with E-state index in [1.807, 2.05) is 12.4 Å². The molecule has 1 saturated heterocycles. The van der Waals surface area contributed by atoms with Gasteiger partial charge in [-0.1, -0.05) is 0 Å².